The molecule has 1 aromatic carbocycles. The molecular weight excluding hydrogens is 366 g/mol. The summed E-state index contributed by atoms with van der Waals surface area (Å²) in [5.41, 5.74) is 2.61. The highest BCUT2D eigenvalue weighted by atomic mass is 32.2. The Kier molecular flexibility index (Phi) is 4.31. The highest BCUT2D eigenvalue weighted by molar-refractivity contribution is 7.91. The van der Waals surface area contributed by atoms with Crippen molar-refractivity contribution in [2.45, 2.75) is 19.4 Å². The molecule has 0 unspecified atom stereocenters. The van der Waals surface area contributed by atoms with Crippen LogP contribution in [-0.4, -0.2) is 45.8 Å². The van der Waals surface area contributed by atoms with E-state index in [2.05, 4.69) is 20.6 Å². The van der Waals surface area contributed by atoms with Crippen molar-refractivity contribution in [3.8, 4) is 11.3 Å². The van der Waals surface area contributed by atoms with Crippen LogP contribution in [0.25, 0.3) is 11.3 Å². The Bertz CT molecular complexity index is 1090. The Balaban J connectivity index is 1.55. The van der Waals surface area contributed by atoms with Gasteiger partial charge in [0.2, 0.25) is 0 Å². The second-order valence-electron chi connectivity index (χ2n) is 6.66. The maximum atomic E-state index is 12.6. The van der Waals surface area contributed by atoms with Crippen LogP contribution in [0.5, 0.6) is 0 Å². The minimum absolute atomic E-state index is 0.0409. The molecule has 3 heterocycles. The largest absolute Gasteiger partial charge is 0.305 e. The number of carbonyl (C=O) groups is 1. The molecule has 27 heavy (non-hydrogen) atoms. The first-order chi connectivity index (χ1) is 12.9. The smallest absolute Gasteiger partial charge is 0.274 e. The van der Waals surface area contributed by atoms with Crippen molar-refractivity contribution < 1.29 is 13.2 Å². The molecule has 1 atom stereocenters. The van der Waals surface area contributed by atoms with Gasteiger partial charge in [0.05, 0.1) is 28.9 Å². The summed E-state index contributed by atoms with van der Waals surface area (Å²) in [5, 5.41) is 14.1. The standard InChI is InChI=1S/C18H19N5O3S/c1-12-9-17(23(22-12)14-7-8-27(25,26)11-14)19-18(24)16-10-15(20-21-16)13-5-3-2-4-6-13/h2-6,9-10,14H,7-8,11H2,1H3,(H,19,24)(H,20,21)/t14-/m1/s1. The lowest BCUT2D eigenvalue weighted by Crippen LogP contribution is -2.19. The molecule has 0 spiro atoms. The quantitative estimate of drug-likeness (QED) is 0.715. The van der Waals surface area contributed by atoms with E-state index in [9.17, 15) is 13.2 Å². The lowest BCUT2D eigenvalue weighted by Gasteiger charge is -2.13. The fourth-order valence-corrected chi connectivity index (χ4v) is 4.93. The van der Waals surface area contributed by atoms with Gasteiger partial charge in [0.15, 0.2) is 9.84 Å². The topological polar surface area (TPSA) is 110 Å². The molecule has 3 aromatic rings. The number of aryl methyl sites for hydroxylation is 1. The third kappa shape index (κ3) is 3.63. The van der Waals surface area contributed by atoms with Crippen LogP contribution in [0.15, 0.2) is 42.5 Å². The van der Waals surface area contributed by atoms with Crippen LogP contribution >= 0.6 is 0 Å². The molecule has 140 valence electrons. The lowest BCUT2D eigenvalue weighted by atomic mass is 10.1. The predicted octanol–water partition coefficient (Wildman–Crippen LogP) is 2.19. The molecule has 1 saturated heterocycles. The average Bonchev–Trinajstić information content (AvgIpc) is 3.34. The van der Waals surface area contributed by atoms with Gasteiger partial charge in [0.1, 0.15) is 11.5 Å². The van der Waals surface area contributed by atoms with Gasteiger partial charge in [-0.05, 0) is 19.4 Å². The molecule has 0 bridgehead atoms. The summed E-state index contributed by atoms with van der Waals surface area (Å²) in [6, 6.07) is 12.7. The van der Waals surface area contributed by atoms with E-state index in [1.165, 1.54) is 0 Å². The number of anilines is 1. The minimum Gasteiger partial charge on any atom is -0.305 e. The zero-order valence-electron chi connectivity index (χ0n) is 14.7. The summed E-state index contributed by atoms with van der Waals surface area (Å²) in [6.07, 6.45) is 0.495. The van der Waals surface area contributed by atoms with E-state index in [0.717, 1.165) is 5.56 Å². The van der Waals surface area contributed by atoms with Gasteiger partial charge in [0.25, 0.3) is 5.91 Å². The van der Waals surface area contributed by atoms with Crippen LogP contribution in [-0.2, 0) is 9.84 Å². The normalized spacial score (nSPS) is 18.5. The second-order valence-corrected chi connectivity index (χ2v) is 8.89. The van der Waals surface area contributed by atoms with Crippen molar-refractivity contribution in [3.63, 3.8) is 0 Å². The molecule has 1 fully saturated rings. The Morgan fingerprint density at radius 3 is 2.74 bits per heavy atom. The van der Waals surface area contributed by atoms with Gasteiger partial charge < -0.3 is 5.32 Å². The summed E-state index contributed by atoms with van der Waals surface area (Å²) in [4.78, 5) is 12.6. The van der Waals surface area contributed by atoms with Gasteiger partial charge in [0, 0.05) is 11.6 Å². The van der Waals surface area contributed by atoms with E-state index < -0.39 is 9.84 Å². The van der Waals surface area contributed by atoms with Gasteiger partial charge in [-0.25, -0.2) is 13.1 Å². The molecule has 2 N–H and O–H groups in total. The zero-order valence-corrected chi connectivity index (χ0v) is 15.5. The van der Waals surface area contributed by atoms with E-state index in [0.29, 0.717) is 29.3 Å². The molecule has 9 heteroatoms. The Hall–Kier alpha value is -2.94. The molecule has 1 aliphatic rings. The summed E-state index contributed by atoms with van der Waals surface area (Å²) in [6.45, 7) is 1.80. The Labute approximate surface area is 156 Å². The predicted molar refractivity (Wildman–Crippen MR) is 101 cm³/mol. The number of rotatable bonds is 4. The molecule has 4 rings (SSSR count). The number of aromatic nitrogens is 4. The molecule has 0 saturated carbocycles. The van der Waals surface area contributed by atoms with Crippen LogP contribution in [0.4, 0.5) is 5.82 Å². The monoisotopic (exact) mass is 385 g/mol. The van der Waals surface area contributed by atoms with Gasteiger partial charge >= 0.3 is 0 Å². The zero-order chi connectivity index (χ0) is 19.0. The average molecular weight is 385 g/mol. The third-order valence-electron chi connectivity index (χ3n) is 4.55. The summed E-state index contributed by atoms with van der Waals surface area (Å²) in [5.74, 6) is 0.312. The lowest BCUT2D eigenvalue weighted by molar-refractivity contribution is 0.102. The molecule has 8 nitrogen and oxygen atoms in total. The van der Waals surface area contributed by atoms with E-state index in [1.54, 1.807) is 23.7 Å². The van der Waals surface area contributed by atoms with E-state index in [4.69, 9.17) is 0 Å². The highest BCUT2D eigenvalue weighted by Crippen LogP contribution is 2.27. The first-order valence-corrected chi connectivity index (χ1v) is 10.4. The maximum absolute atomic E-state index is 12.6. The van der Waals surface area contributed by atoms with Crippen LogP contribution in [0, 0.1) is 6.92 Å². The number of H-pyrrole nitrogens is 1. The molecular formula is C18H19N5O3S. The minimum atomic E-state index is -3.05. The summed E-state index contributed by atoms with van der Waals surface area (Å²) < 4.78 is 25.1. The van der Waals surface area contributed by atoms with Gasteiger partial charge in [-0.15, -0.1) is 0 Å². The molecule has 1 amide bonds. The third-order valence-corrected chi connectivity index (χ3v) is 6.30. The van der Waals surface area contributed by atoms with Crippen LogP contribution < -0.4 is 5.32 Å². The number of benzene rings is 1. The van der Waals surface area contributed by atoms with Crippen molar-refractivity contribution in [2.24, 2.45) is 0 Å². The van der Waals surface area contributed by atoms with Crippen molar-refractivity contribution >= 4 is 21.6 Å². The van der Waals surface area contributed by atoms with Crippen molar-refractivity contribution in [1.82, 2.24) is 20.0 Å². The summed E-state index contributed by atoms with van der Waals surface area (Å²) in [7, 11) is -3.05. The fourth-order valence-electron chi connectivity index (χ4n) is 3.24. The molecule has 0 aliphatic carbocycles. The van der Waals surface area contributed by atoms with Crippen molar-refractivity contribution in [3.05, 3.63) is 53.9 Å². The summed E-state index contributed by atoms with van der Waals surface area (Å²) >= 11 is 0. The van der Waals surface area contributed by atoms with E-state index in [1.807, 2.05) is 30.3 Å². The fraction of sp³-hybridized carbons (Fsp3) is 0.278. The molecule has 0 radical (unpaired) electrons. The van der Waals surface area contributed by atoms with Crippen molar-refractivity contribution in [1.29, 1.82) is 0 Å². The van der Waals surface area contributed by atoms with E-state index in [-0.39, 0.29) is 23.5 Å². The van der Waals surface area contributed by atoms with Gasteiger partial charge in [-0.2, -0.15) is 10.2 Å². The van der Waals surface area contributed by atoms with Crippen LogP contribution in [0.2, 0.25) is 0 Å². The van der Waals surface area contributed by atoms with Crippen LogP contribution in [0.1, 0.15) is 28.6 Å². The number of amides is 1. The van der Waals surface area contributed by atoms with Gasteiger partial charge in [-0.3, -0.25) is 9.89 Å². The van der Waals surface area contributed by atoms with Gasteiger partial charge in [-0.1, -0.05) is 30.3 Å². The molecule has 2 aromatic heterocycles. The number of aromatic amines is 1. The van der Waals surface area contributed by atoms with E-state index >= 15 is 0 Å². The van der Waals surface area contributed by atoms with Crippen LogP contribution in [0.3, 0.4) is 0 Å². The number of nitrogens with zero attached hydrogens (tertiary/aromatic N) is 3. The number of hydrogen-bond donors (Lipinski definition) is 2. The number of nitrogens with one attached hydrogen (secondary N) is 2. The number of carbonyl (C=O) groups excluding carboxylic acids is 1. The number of hydrogen-bond acceptors (Lipinski definition) is 5. The maximum Gasteiger partial charge on any atom is 0.274 e. The second kappa shape index (κ2) is 6.66. The first kappa shape index (κ1) is 17.5. The first-order valence-electron chi connectivity index (χ1n) is 8.60. The highest BCUT2D eigenvalue weighted by Gasteiger charge is 2.31. The number of sulfone groups is 1. The SMILES string of the molecule is Cc1cc(NC(=O)c2cc(-c3ccccc3)n[nH]2)n([C@@H]2CCS(=O)(=O)C2)n1. The molecule has 1 aliphatic heterocycles. The van der Waals surface area contributed by atoms with Crippen molar-refractivity contribution in [2.75, 3.05) is 16.8 Å². The Morgan fingerprint density at radius 2 is 2.04 bits per heavy atom. The Morgan fingerprint density at radius 1 is 1.26 bits per heavy atom.